The Morgan fingerprint density at radius 3 is 1.78 bits per heavy atom. The molecular formula is C49H34N2. The van der Waals surface area contributed by atoms with Gasteiger partial charge in [-0.05, 0) is 99.5 Å². The smallest absolute Gasteiger partial charge is 0.0726 e. The Hall–Kier alpha value is -6.38. The van der Waals surface area contributed by atoms with Gasteiger partial charge >= 0.3 is 0 Å². The minimum atomic E-state index is -0.385. The molecule has 0 amide bonds. The Balaban J connectivity index is 1.11. The van der Waals surface area contributed by atoms with Gasteiger partial charge in [0.05, 0.1) is 17.1 Å². The van der Waals surface area contributed by atoms with Crippen LogP contribution in [0.25, 0.3) is 27.8 Å². The fourth-order valence-electron chi connectivity index (χ4n) is 9.62. The Morgan fingerprint density at radius 1 is 0.490 bits per heavy atom. The van der Waals surface area contributed by atoms with Crippen molar-refractivity contribution in [2.24, 2.45) is 0 Å². The zero-order valence-electron chi connectivity index (χ0n) is 28.1. The topological polar surface area (TPSA) is 6.48 Å². The summed E-state index contributed by atoms with van der Waals surface area (Å²) in [5, 5.41) is 0. The van der Waals surface area contributed by atoms with E-state index in [1.807, 2.05) is 0 Å². The van der Waals surface area contributed by atoms with E-state index in [4.69, 9.17) is 0 Å². The van der Waals surface area contributed by atoms with Gasteiger partial charge < -0.3 is 9.80 Å². The average molecular weight is 651 g/mol. The van der Waals surface area contributed by atoms with Crippen molar-refractivity contribution in [3.63, 3.8) is 0 Å². The largest absolute Gasteiger partial charge is 0.333 e. The van der Waals surface area contributed by atoms with Crippen LogP contribution in [-0.2, 0) is 5.41 Å². The summed E-state index contributed by atoms with van der Waals surface area (Å²) in [4.78, 5) is 4.98. The summed E-state index contributed by atoms with van der Waals surface area (Å²) in [7, 11) is 0. The van der Waals surface area contributed by atoms with Gasteiger partial charge in [0.15, 0.2) is 0 Å². The number of anilines is 5. The van der Waals surface area contributed by atoms with Crippen molar-refractivity contribution in [2.75, 3.05) is 9.80 Å². The van der Waals surface area contributed by atoms with Gasteiger partial charge in [0.25, 0.3) is 0 Å². The van der Waals surface area contributed by atoms with Gasteiger partial charge in [-0.25, -0.2) is 0 Å². The second kappa shape index (κ2) is 10.8. The van der Waals surface area contributed by atoms with Crippen molar-refractivity contribution in [3.05, 3.63) is 216 Å². The highest BCUT2D eigenvalue weighted by atomic mass is 15.2. The predicted octanol–water partition coefficient (Wildman–Crippen LogP) is 12.4. The number of benzene rings is 7. The molecule has 11 rings (SSSR count). The molecule has 3 aliphatic carbocycles. The van der Waals surface area contributed by atoms with Gasteiger partial charge in [0.2, 0.25) is 0 Å². The molecule has 1 unspecified atom stereocenters. The Morgan fingerprint density at radius 2 is 1.06 bits per heavy atom. The molecule has 1 atom stereocenters. The summed E-state index contributed by atoms with van der Waals surface area (Å²) in [5.41, 5.74) is 19.0. The molecule has 0 bridgehead atoms. The lowest BCUT2D eigenvalue weighted by Crippen LogP contribution is -2.27. The monoisotopic (exact) mass is 650 g/mol. The summed E-state index contributed by atoms with van der Waals surface area (Å²) in [5.74, 6) is 0. The Bertz CT molecular complexity index is 2530. The number of rotatable bonds is 4. The molecule has 240 valence electrons. The first-order valence-electron chi connectivity index (χ1n) is 18.0. The summed E-state index contributed by atoms with van der Waals surface area (Å²) in [6.45, 7) is 0. The highest BCUT2D eigenvalue weighted by Gasteiger charge is 2.52. The lowest BCUT2D eigenvalue weighted by Gasteiger charge is -2.32. The quantitative estimate of drug-likeness (QED) is 0.187. The molecule has 1 spiro atoms. The van der Waals surface area contributed by atoms with E-state index in [-0.39, 0.29) is 5.41 Å². The van der Waals surface area contributed by atoms with Crippen LogP contribution < -0.4 is 9.80 Å². The fourth-order valence-corrected chi connectivity index (χ4v) is 9.62. The SMILES string of the molecule is C1=CCC2C(=C1)c1ccccc1N2c1ccc(N(c2ccccc2)c2cccc3c2-c2ccccc2C32c3ccccc3-c3ccccc32)cc1. The average Bonchev–Trinajstić information content (AvgIpc) is 3.81. The zero-order chi connectivity index (χ0) is 33.5. The van der Waals surface area contributed by atoms with Gasteiger partial charge in [-0.2, -0.15) is 0 Å². The minimum absolute atomic E-state index is 0.311. The van der Waals surface area contributed by atoms with E-state index in [2.05, 4.69) is 198 Å². The second-order valence-corrected chi connectivity index (χ2v) is 14.0. The first-order chi connectivity index (χ1) is 25.3. The van der Waals surface area contributed by atoms with Crippen molar-refractivity contribution < 1.29 is 0 Å². The van der Waals surface area contributed by atoms with Crippen LogP contribution >= 0.6 is 0 Å². The van der Waals surface area contributed by atoms with E-state index in [0.717, 1.165) is 17.8 Å². The van der Waals surface area contributed by atoms with Crippen LogP contribution in [0.2, 0.25) is 0 Å². The Kier molecular flexibility index (Phi) is 6.03. The van der Waals surface area contributed by atoms with Crippen LogP contribution in [0.1, 0.15) is 34.2 Å². The standard InChI is InChI=1S/C49H34N2/c1-2-15-33(16-3-1)50(34-29-31-35(32-30-34)51-45-26-12-7-19-38(45)39-20-8-13-27-46(39)51)47-28-14-25-44-48(47)40-21-6-11-24-43(40)49(44)41-22-9-4-17-36(41)37-18-5-10-23-42(37)49/h1-26,28-32,46H,27H2. The molecule has 4 aliphatic rings. The molecule has 7 aromatic rings. The van der Waals surface area contributed by atoms with Crippen LogP contribution in [-0.4, -0.2) is 6.04 Å². The third-order valence-corrected chi connectivity index (χ3v) is 11.6. The predicted molar refractivity (Wildman–Crippen MR) is 212 cm³/mol. The highest BCUT2D eigenvalue weighted by Crippen LogP contribution is 2.64. The van der Waals surface area contributed by atoms with Gasteiger partial charge in [0.1, 0.15) is 0 Å². The van der Waals surface area contributed by atoms with Crippen LogP contribution in [0.15, 0.2) is 188 Å². The van der Waals surface area contributed by atoms with Crippen LogP contribution in [0, 0.1) is 0 Å². The van der Waals surface area contributed by atoms with Crippen molar-refractivity contribution >= 4 is 34.0 Å². The molecule has 0 radical (unpaired) electrons. The van der Waals surface area contributed by atoms with Crippen molar-refractivity contribution in [3.8, 4) is 22.3 Å². The maximum absolute atomic E-state index is 2.52. The van der Waals surface area contributed by atoms with Gasteiger partial charge in [-0.3, -0.25) is 0 Å². The highest BCUT2D eigenvalue weighted by molar-refractivity contribution is 6.01. The maximum Gasteiger partial charge on any atom is 0.0726 e. The number of para-hydroxylation sites is 2. The molecular weight excluding hydrogens is 617 g/mol. The van der Waals surface area contributed by atoms with E-state index in [1.165, 1.54) is 72.7 Å². The van der Waals surface area contributed by atoms with Gasteiger partial charge in [-0.15, -0.1) is 0 Å². The van der Waals surface area contributed by atoms with Gasteiger partial charge in [-0.1, -0.05) is 140 Å². The molecule has 0 N–H and O–H groups in total. The number of allylic oxidation sites excluding steroid dienone is 2. The Labute approximate surface area is 298 Å². The number of fused-ring (bicyclic) bond motifs is 13. The molecule has 2 heteroatoms. The number of nitrogens with zero attached hydrogens (tertiary/aromatic N) is 2. The normalized spacial score (nSPS) is 16.5. The van der Waals surface area contributed by atoms with Crippen molar-refractivity contribution in [2.45, 2.75) is 17.9 Å². The van der Waals surface area contributed by atoms with Crippen LogP contribution in [0.3, 0.4) is 0 Å². The fraction of sp³-hybridized carbons (Fsp3) is 0.0612. The molecule has 0 aromatic heterocycles. The molecule has 51 heavy (non-hydrogen) atoms. The zero-order valence-corrected chi connectivity index (χ0v) is 28.1. The molecule has 0 saturated heterocycles. The van der Waals surface area contributed by atoms with E-state index < -0.39 is 0 Å². The third kappa shape index (κ3) is 3.82. The summed E-state index contributed by atoms with van der Waals surface area (Å²) >= 11 is 0. The summed E-state index contributed by atoms with van der Waals surface area (Å²) in [6, 6.07) is 63.3. The maximum atomic E-state index is 2.52. The van der Waals surface area contributed by atoms with E-state index in [9.17, 15) is 0 Å². The number of hydrogen-bond donors (Lipinski definition) is 0. The lowest BCUT2D eigenvalue weighted by atomic mass is 9.70. The molecule has 0 saturated carbocycles. The molecule has 7 aromatic carbocycles. The summed E-state index contributed by atoms with van der Waals surface area (Å²) in [6.07, 6.45) is 7.79. The first-order valence-corrected chi connectivity index (χ1v) is 18.0. The minimum Gasteiger partial charge on any atom is -0.333 e. The lowest BCUT2D eigenvalue weighted by molar-refractivity contribution is 0.794. The third-order valence-electron chi connectivity index (χ3n) is 11.6. The molecule has 2 nitrogen and oxygen atoms in total. The van der Waals surface area contributed by atoms with Crippen molar-refractivity contribution in [1.29, 1.82) is 0 Å². The van der Waals surface area contributed by atoms with Crippen LogP contribution in [0.5, 0.6) is 0 Å². The molecule has 1 aliphatic heterocycles. The molecule has 1 heterocycles. The number of hydrogen-bond acceptors (Lipinski definition) is 2. The second-order valence-electron chi connectivity index (χ2n) is 14.0. The van der Waals surface area contributed by atoms with Crippen LogP contribution in [0.4, 0.5) is 28.4 Å². The van der Waals surface area contributed by atoms with E-state index in [0.29, 0.717) is 6.04 Å². The summed E-state index contributed by atoms with van der Waals surface area (Å²) < 4.78 is 0. The first kappa shape index (κ1) is 28.5. The molecule has 0 fully saturated rings. The van der Waals surface area contributed by atoms with E-state index >= 15 is 0 Å². The van der Waals surface area contributed by atoms with Crippen molar-refractivity contribution in [1.82, 2.24) is 0 Å². The van der Waals surface area contributed by atoms with Gasteiger partial charge in [0, 0.05) is 33.9 Å². The van der Waals surface area contributed by atoms with E-state index in [1.54, 1.807) is 0 Å².